The molecule has 0 radical (unpaired) electrons. The minimum absolute atomic E-state index is 0.129. The third kappa shape index (κ3) is 5.08. The van der Waals surface area contributed by atoms with Crippen LogP contribution in [0.3, 0.4) is 0 Å². The highest BCUT2D eigenvalue weighted by Gasteiger charge is 2.05. The summed E-state index contributed by atoms with van der Waals surface area (Å²) >= 11 is 3.50. The Kier molecular flexibility index (Phi) is 6.10. The lowest BCUT2D eigenvalue weighted by molar-refractivity contribution is 0.199. The first-order valence-electron chi connectivity index (χ1n) is 6.71. The molecule has 0 aliphatic heterocycles. The molecule has 0 bridgehead atoms. The van der Waals surface area contributed by atoms with Gasteiger partial charge in [-0.3, -0.25) is 4.79 Å². The van der Waals surface area contributed by atoms with Crippen LogP contribution in [0.1, 0.15) is 17.1 Å². The Morgan fingerprint density at radius 3 is 2.95 bits per heavy atom. The zero-order valence-corrected chi connectivity index (χ0v) is 13.4. The van der Waals surface area contributed by atoms with Gasteiger partial charge in [0.2, 0.25) is 0 Å². The van der Waals surface area contributed by atoms with Crippen LogP contribution in [-0.2, 0) is 17.7 Å². The van der Waals surface area contributed by atoms with Crippen molar-refractivity contribution in [2.24, 2.45) is 0 Å². The van der Waals surface area contributed by atoms with Crippen LogP contribution in [0.2, 0.25) is 0 Å². The predicted octanol–water partition coefficient (Wildman–Crippen LogP) is 1.86. The first kappa shape index (κ1) is 15.9. The maximum Gasteiger partial charge on any atom is 0.251 e. The van der Waals surface area contributed by atoms with Crippen molar-refractivity contribution in [3.05, 3.63) is 62.2 Å². The number of hydrogen-bond donors (Lipinski definition) is 2. The molecule has 5 nitrogen and oxygen atoms in total. The summed E-state index contributed by atoms with van der Waals surface area (Å²) in [4.78, 5) is 19.0. The molecule has 21 heavy (non-hydrogen) atoms. The Balaban J connectivity index is 2.08. The first-order chi connectivity index (χ1) is 10.2. The Bertz CT molecular complexity index is 643. The summed E-state index contributed by atoms with van der Waals surface area (Å²) < 4.78 is 5.97. The van der Waals surface area contributed by atoms with Crippen LogP contribution in [0.25, 0.3) is 0 Å². The minimum atomic E-state index is -0.129. The van der Waals surface area contributed by atoms with Crippen LogP contribution < -0.4 is 10.9 Å². The van der Waals surface area contributed by atoms with Gasteiger partial charge in [-0.2, -0.15) is 0 Å². The Morgan fingerprint density at radius 1 is 1.38 bits per heavy atom. The van der Waals surface area contributed by atoms with E-state index in [0.717, 1.165) is 22.3 Å². The SMILES string of the molecule is COCCNCc1cc(=O)[nH]c(Cc2ccccc2Br)n1. The van der Waals surface area contributed by atoms with E-state index in [4.69, 9.17) is 4.74 Å². The molecule has 0 aliphatic rings. The number of nitrogens with one attached hydrogen (secondary N) is 2. The molecule has 1 aromatic carbocycles. The quantitative estimate of drug-likeness (QED) is 0.747. The number of aromatic amines is 1. The molecule has 0 aliphatic carbocycles. The second-order valence-electron chi connectivity index (χ2n) is 4.62. The van der Waals surface area contributed by atoms with E-state index in [1.165, 1.54) is 6.07 Å². The molecule has 6 heteroatoms. The predicted molar refractivity (Wildman–Crippen MR) is 85.4 cm³/mol. The molecule has 0 spiro atoms. The molecule has 0 unspecified atom stereocenters. The van der Waals surface area contributed by atoms with Crippen molar-refractivity contribution in [2.75, 3.05) is 20.3 Å². The Labute approximate surface area is 131 Å². The van der Waals surface area contributed by atoms with Gasteiger partial charge in [0, 0.05) is 37.2 Å². The number of halogens is 1. The van der Waals surface area contributed by atoms with Gasteiger partial charge in [0.25, 0.3) is 5.56 Å². The zero-order chi connectivity index (χ0) is 15.1. The largest absolute Gasteiger partial charge is 0.383 e. The maximum atomic E-state index is 11.7. The molecule has 1 aromatic heterocycles. The van der Waals surface area contributed by atoms with E-state index in [1.807, 2.05) is 24.3 Å². The number of rotatable bonds is 7. The van der Waals surface area contributed by atoms with Gasteiger partial charge in [0.1, 0.15) is 5.82 Å². The van der Waals surface area contributed by atoms with Crippen molar-refractivity contribution in [1.82, 2.24) is 15.3 Å². The number of nitrogens with zero attached hydrogens (tertiary/aromatic N) is 1. The summed E-state index contributed by atoms with van der Waals surface area (Å²) in [5.74, 6) is 0.665. The highest BCUT2D eigenvalue weighted by atomic mass is 79.9. The van der Waals surface area contributed by atoms with Crippen molar-refractivity contribution < 1.29 is 4.74 Å². The van der Waals surface area contributed by atoms with Crippen LogP contribution in [0.15, 0.2) is 39.6 Å². The molecule has 2 N–H and O–H groups in total. The van der Waals surface area contributed by atoms with Crippen LogP contribution in [0.5, 0.6) is 0 Å². The van der Waals surface area contributed by atoms with Crippen molar-refractivity contribution >= 4 is 15.9 Å². The van der Waals surface area contributed by atoms with E-state index >= 15 is 0 Å². The van der Waals surface area contributed by atoms with Gasteiger partial charge < -0.3 is 15.0 Å². The molecule has 2 rings (SSSR count). The number of ether oxygens (including phenoxy) is 1. The Hall–Kier alpha value is -1.50. The lowest BCUT2D eigenvalue weighted by Crippen LogP contribution is -2.22. The van der Waals surface area contributed by atoms with Crippen molar-refractivity contribution in [1.29, 1.82) is 0 Å². The summed E-state index contributed by atoms with van der Waals surface area (Å²) in [6.45, 7) is 1.91. The van der Waals surface area contributed by atoms with Crippen LogP contribution in [0, 0.1) is 0 Å². The highest BCUT2D eigenvalue weighted by Crippen LogP contribution is 2.17. The third-order valence-corrected chi connectivity index (χ3v) is 3.72. The summed E-state index contributed by atoms with van der Waals surface area (Å²) in [5, 5.41) is 3.18. The fourth-order valence-corrected chi connectivity index (χ4v) is 2.38. The van der Waals surface area contributed by atoms with Gasteiger partial charge >= 0.3 is 0 Å². The van der Waals surface area contributed by atoms with E-state index in [9.17, 15) is 4.79 Å². The van der Waals surface area contributed by atoms with Crippen molar-refractivity contribution in [3.63, 3.8) is 0 Å². The molecule has 112 valence electrons. The minimum Gasteiger partial charge on any atom is -0.383 e. The average molecular weight is 352 g/mol. The monoisotopic (exact) mass is 351 g/mol. The van der Waals surface area contributed by atoms with Crippen molar-refractivity contribution in [3.8, 4) is 0 Å². The normalized spacial score (nSPS) is 10.8. The molecular formula is C15H18BrN3O2. The van der Waals surface area contributed by atoms with Crippen molar-refractivity contribution in [2.45, 2.75) is 13.0 Å². The second kappa shape index (κ2) is 8.07. The smallest absolute Gasteiger partial charge is 0.251 e. The van der Waals surface area contributed by atoms with Gasteiger partial charge in [-0.05, 0) is 11.6 Å². The van der Waals surface area contributed by atoms with Crippen LogP contribution in [0.4, 0.5) is 0 Å². The maximum absolute atomic E-state index is 11.7. The van der Waals surface area contributed by atoms with E-state index < -0.39 is 0 Å². The molecular weight excluding hydrogens is 334 g/mol. The van der Waals surface area contributed by atoms with Crippen LogP contribution in [-0.4, -0.2) is 30.2 Å². The lowest BCUT2D eigenvalue weighted by atomic mass is 10.1. The third-order valence-electron chi connectivity index (χ3n) is 2.95. The number of methoxy groups -OCH3 is 1. The summed E-state index contributed by atoms with van der Waals surface area (Å²) in [5.41, 5.74) is 1.69. The van der Waals surface area contributed by atoms with E-state index in [1.54, 1.807) is 7.11 Å². The molecule has 1 heterocycles. The van der Waals surface area contributed by atoms with E-state index in [-0.39, 0.29) is 5.56 Å². The molecule has 2 aromatic rings. The molecule has 0 saturated heterocycles. The first-order valence-corrected chi connectivity index (χ1v) is 7.50. The molecule has 0 amide bonds. The number of aromatic nitrogens is 2. The summed E-state index contributed by atoms with van der Waals surface area (Å²) in [6.07, 6.45) is 0.586. The highest BCUT2D eigenvalue weighted by molar-refractivity contribution is 9.10. The van der Waals surface area contributed by atoms with Gasteiger partial charge in [-0.15, -0.1) is 0 Å². The summed E-state index contributed by atoms with van der Waals surface area (Å²) in [6, 6.07) is 9.43. The fourth-order valence-electron chi connectivity index (χ4n) is 1.95. The fraction of sp³-hybridized carbons (Fsp3) is 0.333. The average Bonchev–Trinajstić information content (AvgIpc) is 2.46. The zero-order valence-electron chi connectivity index (χ0n) is 11.9. The number of hydrogen-bond acceptors (Lipinski definition) is 4. The van der Waals surface area contributed by atoms with Gasteiger partial charge in [-0.1, -0.05) is 34.1 Å². The standard InChI is InChI=1S/C15H18BrN3O2/c1-21-7-6-17-10-12-9-15(20)19-14(18-12)8-11-4-2-3-5-13(11)16/h2-5,9,17H,6-8,10H2,1H3,(H,18,19,20). The number of benzene rings is 1. The van der Waals surface area contributed by atoms with Gasteiger partial charge in [0.15, 0.2) is 0 Å². The lowest BCUT2D eigenvalue weighted by Gasteiger charge is -2.07. The van der Waals surface area contributed by atoms with Gasteiger partial charge in [0.05, 0.1) is 12.3 Å². The molecule has 0 saturated carbocycles. The van der Waals surface area contributed by atoms with E-state index in [0.29, 0.717) is 25.4 Å². The summed E-state index contributed by atoms with van der Waals surface area (Å²) in [7, 11) is 1.66. The topological polar surface area (TPSA) is 67.0 Å². The molecule has 0 atom stereocenters. The van der Waals surface area contributed by atoms with E-state index in [2.05, 4.69) is 31.2 Å². The second-order valence-corrected chi connectivity index (χ2v) is 5.48. The van der Waals surface area contributed by atoms with Gasteiger partial charge in [-0.25, -0.2) is 4.98 Å². The number of H-pyrrole nitrogens is 1. The molecule has 0 fully saturated rings. The Morgan fingerprint density at radius 2 is 2.19 bits per heavy atom. The van der Waals surface area contributed by atoms with Crippen LogP contribution >= 0.6 is 15.9 Å².